The fraction of sp³-hybridized carbons (Fsp3) is 0.429. The number of hydrogen-bond acceptors (Lipinski definition) is 0. The molecule has 0 aliphatic heterocycles. The van der Waals surface area contributed by atoms with Crippen LogP contribution >= 0.6 is 12.4 Å². The summed E-state index contributed by atoms with van der Waals surface area (Å²) in [6.07, 6.45) is 14.4. The molecule has 0 bridgehead atoms. The predicted molar refractivity (Wildman–Crippen MR) is 70.5 cm³/mol. The average Bonchev–Trinajstić information content (AvgIpc) is 2.87. The van der Waals surface area contributed by atoms with Crippen LogP contribution in [0.3, 0.4) is 0 Å². The van der Waals surface area contributed by atoms with Gasteiger partial charge in [-0.2, -0.15) is 0 Å². The van der Waals surface area contributed by atoms with Gasteiger partial charge in [0.25, 0.3) is 0 Å². The van der Waals surface area contributed by atoms with Crippen molar-refractivity contribution in [3.63, 3.8) is 0 Å². The molecule has 0 spiro atoms. The van der Waals surface area contributed by atoms with Crippen LogP contribution in [0.5, 0.6) is 0 Å². The number of hydrogen-bond donors (Lipinski definition) is 0. The third kappa shape index (κ3) is 3.08. The molecular weight excluding hydrogens is 295 g/mol. The zero-order valence-electron chi connectivity index (χ0n) is 11.0. The van der Waals surface area contributed by atoms with Gasteiger partial charge in [-0.15, -0.1) is 12.4 Å². The Hall–Kier alpha value is 0.133. The molecule has 88 valence electrons. The smallest absolute Gasteiger partial charge is 0.147 e. The number of rotatable bonds is 4. The Balaban J connectivity index is 0.00000128. The normalized spacial score (nSPS) is 18.4. The van der Waals surface area contributed by atoms with E-state index in [0.29, 0.717) is 0 Å². The van der Waals surface area contributed by atoms with Crippen LogP contribution in [-0.2, 0) is 23.2 Å². The van der Waals surface area contributed by atoms with Gasteiger partial charge in [0.15, 0.2) is 0 Å². The van der Waals surface area contributed by atoms with E-state index in [2.05, 4.69) is 38.2 Å². The second kappa shape index (κ2) is 6.77. The summed E-state index contributed by atoms with van der Waals surface area (Å²) in [5.74, 6) is 0. The van der Waals surface area contributed by atoms with Gasteiger partial charge >= 0.3 is 105 Å². The van der Waals surface area contributed by atoms with Gasteiger partial charge in [0, 0.05) is 0 Å². The summed E-state index contributed by atoms with van der Waals surface area (Å²) in [6.45, 7) is 4.57. The Bertz CT molecular complexity index is 342. The number of halogens is 1. The van der Waals surface area contributed by atoms with Crippen molar-refractivity contribution < 1.29 is 24.7 Å². The largest absolute Gasteiger partial charge is 1.00 e. The molecule has 0 aromatic carbocycles. The van der Waals surface area contributed by atoms with E-state index in [1.807, 2.05) is 6.56 Å². The molecule has 0 aromatic rings. The summed E-state index contributed by atoms with van der Waals surface area (Å²) < 4.78 is 3.65. The van der Waals surface area contributed by atoms with Gasteiger partial charge in [0.2, 0.25) is 0 Å². The molecule has 0 unspecified atom stereocenters. The molecular formula is C14H20ClZr-. The van der Waals surface area contributed by atoms with Crippen molar-refractivity contribution in [2.45, 2.75) is 39.5 Å². The minimum atomic E-state index is -0.417. The fourth-order valence-electron chi connectivity index (χ4n) is 2.21. The van der Waals surface area contributed by atoms with Crippen molar-refractivity contribution in [3.8, 4) is 0 Å². The molecule has 0 aromatic heterocycles. The molecule has 0 fully saturated rings. The van der Waals surface area contributed by atoms with Gasteiger partial charge in [-0.05, 0) is 0 Å². The minimum Gasteiger partial charge on any atom is -1.00 e. The van der Waals surface area contributed by atoms with Crippen molar-refractivity contribution in [2.75, 3.05) is 0 Å². The maximum absolute atomic E-state index is 2.35. The van der Waals surface area contributed by atoms with Gasteiger partial charge < -0.3 is 1.43 Å². The van der Waals surface area contributed by atoms with Crippen LogP contribution in [0.15, 0.2) is 42.0 Å². The summed E-state index contributed by atoms with van der Waals surface area (Å²) in [5.41, 5.74) is 3.30. The van der Waals surface area contributed by atoms with Crippen LogP contribution in [0.4, 0.5) is 0 Å². The van der Waals surface area contributed by atoms with E-state index in [1.165, 1.54) is 25.7 Å². The van der Waals surface area contributed by atoms with Crippen molar-refractivity contribution in [2.24, 2.45) is 0 Å². The summed E-state index contributed by atoms with van der Waals surface area (Å²) in [5, 5.41) is 0. The molecule has 0 heterocycles. The molecule has 0 saturated carbocycles. The first kappa shape index (κ1) is 14.2. The average molecular weight is 315 g/mol. The van der Waals surface area contributed by atoms with Crippen LogP contribution in [-0.4, -0.2) is 0 Å². The maximum Gasteiger partial charge on any atom is -0.147 e. The van der Waals surface area contributed by atoms with Gasteiger partial charge in [-0.1, -0.05) is 0 Å². The third-order valence-electron chi connectivity index (χ3n) is 3.12. The summed E-state index contributed by atoms with van der Waals surface area (Å²) in [6, 6.07) is 0. The molecule has 0 nitrogen and oxygen atoms in total. The second-order valence-electron chi connectivity index (χ2n) is 4.05. The Morgan fingerprint density at radius 2 is 1.44 bits per heavy atom. The molecule has 0 N–H and O–H groups in total. The van der Waals surface area contributed by atoms with E-state index < -0.39 is 23.2 Å². The van der Waals surface area contributed by atoms with Crippen LogP contribution in [0.2, 0.25) is 0 Å². The van der Waals surface area contributed by atoms with Crippen molar-refractivity contribution in [1.29, 1.82) is 0 Å². The van der Waals surface area contributed by atoms with Crippen LogP contribution in [0.25, 0.3) is 0 Å². The molecule has 2 aliphatic carbocycles. The number of allylic oxidation sites excluding steroid dienone is 8. The maximum atomic E-state index is 2.35. The third-order valence-corrected chi connectivity index (χ3v) is 7.19. The summed E-state index contributed by atoms with van der Waals surface area (Å²) in [4.78, 5) is 0. The van der Waals surface area contributed by atoms with Crippen molar-refractivity contribution in [3.05, 3.63) is 42.0 Å². The molecule has 0 amide bonds. The molecule has 0 atom stereocenters. The van der Waals surface area contributed by atoms with E-state index in [1.54, 1.807) is 11.1 Å². The Kier molecular flexibility index (Phi) is 6.00. The van der Waals surface area contributed by atoms with E-state index >= 15 is 0 Å². The first-order valence-electron chi connectivity index (χ1n) is 5.89. The van der Waals surface area contributed by atoms with Gasteiger partial charge in [0.05, 0.1) is 0 Å². The summed E-state index contributed by atoms with van der Waals surface area (Å²) in [7, 11) is 0. The van der Waals surface area contributed by atoms with Crippen molar-refractivity contribution >= 4 is 12.4 Å². The Morgan fingerprint density at radius 1 is 1.00 bits per heavy atom. The van der Waals surface area contributed by atoms with E-state index in [0.717, 1.165) is 0 Å². The summed E-state index contributed by atoms with van der Waals surface area (Å²) >= 11 is -0.417. The van der Waals surface area contributed by atoms with Crippen LogP contribution in [0.1, 0.15) is 41.0 Å². The first-order valence-corrected chi connectivity index (χ1v) is 8.35. The van der Waals surface area contributed by atoms with Gasteiger partial charge in [0.1, 0.15) is 0 Å². The minimum absolute atomic E-state index is 0. The SMILES string of the molecule is CCC1=[C]([Zr][C]2=C(CC)C=CC2)CC=C1.Cl.[H-]. The van der Waals surface area contributed by atoms with Gasteiger partial charge in [-0.25, -0.2) is 0 Å². The van der Waals surface area contributed by atoms with Gasteiger partial charge in [-0.3, -0.25) is 0 Å². The molecule has 2 heteroatoms. The monoisotopic (exact) mass is 313 g/mol. The Labute approximate surface area is 118 Å². The first-order chi connectivity index (χ1) is 7.35. The zero-order valence-corrected chi connectivity index (χ0v) is 13.3. The molecule has 0 radical (unpaired) electrons. The zero-order chi connectivity index (χ0) is 10.7. The Morgan fingerprint density at radius 3 is 1.81 bits per heavy atom. The van der Waals surface area contributed by atoms with E-state index in [-0.39, 0.29) is 13.8 Å². The molecule has 0 saturated heterocycles. The van der Waals surface area contributed by atoms with Crippen LogP contribution < -0.4 is 0 Å². The predicted octanol–water partition coefficient (Wildman–Crippen LogP) is 4.85. The molecule has 16 heavy (non-hydrogen) atoms. The van der Waals surface area contributed by atoms with Crippen LogP contribution in [0, 0.1) is 0 Å². The quantitative estimate of drug-likeness (QED) is 0.695. The molecule has 2 aliphatic rings. The molecule has 2 rings (SSSR count). The van der Waals surface area contributed by atoms with E-state index in [4.69, 9.17) is 0 Å². The fourth-order valence-corrected chi connectivity index (χ4v) is 6.25. The topological polar surface area (TPSA) is 0 Å². The standard InChI is InChI=1S/2C7H9.ClH.Zr.H/c2*1-2-7-5-3-4-6-7;;;/h2*3,5H,2,4H2,1H3;1H;;/q;;;;-1. The van der Waals surface area contributed by atoms with Crippen molar-refractivity contribution in [1.82, 2.24) is 0 Å². The second-order valence-corrected chi connectivity index (χ2v) is 7.63. The van der Waals surface area contributed by atoms with E-state index in [9.17, 15) is 0 Å².